The molecule has 1 aliphatic rings. The van der Waals surface area contributed by atoms with Gasteiger partial charge in [-0.1, -0.05) is 103 Å². The van der Waals surface area contributed by atoms with Crippen LogP contribution in [0.15, 0.2) is 93.9 Å². The standard InChI is InChI=1S/C21H19BrCl2N4O3S.C17H13BrCl2N4O/c1-13-19(21(29)26-27-8-10-32(30,31)11-9-27)25-28(18-7-6-16(23)12-17(18)24)20(13)14-2-4-15(22)5-3-14;1-9-15(17(25)22-21)23-24(14-7-6-12(19)8-13(14)20)16(9)10-2-4-11(18)5-3-10/h2-7,12H,8-11H2,1H3,(H,26,29);2-8H,21H2,1H3,(H,22,25). The van der Waals surface area contributed by atoms with Crippen molar-refractivity contribution in [3.63, 3.8) is 0 Å². The molecule has 0 spiro atoms. The molecule has 1 aliphatic heterocycles. The normalized spacial score (nSPS) is 13.8. The highest BCUT2D eigenvalue weighted by atomic mass is 79.9. The van der Waals surface area contributed by atoms with E-state index in [1.54, 1.807) is 50.8 Å². The van der Waals surface area contributed by atoms with Crippen LogP contribution < -0.4 is 16.7 Å². The number of carbonyl (C=O) groups is 2. The molecule has 0 aliphatic carbocycles. The molecule has 0 saturated carbocycles. The summed E-state index contributed by atoms with van der Waals surface area (Å²) in [7, 11) is -3.05. The maximum absolute atomic E-state index is 13.1. The quantitative estimate of drug-likeness (QED) is 0.0814. The number of benzene rings is 4. The lowest BCUT2D eigenvalue weighted by atomic mass is 10.1. The number of nitrogens with zero attached hydrogens (tertiary/aromatic N) is 5. The van der Waals surface area contributed by atoms with E-state index >= 15 is 0 Å². The van der Waals surface area contributed by atoms with Crippen LogP contribution in [0.25, 0.3) is 33.9 Å². The zero-order valence-electron chi connectivity index (χ0n) is 30.0. The van der Waals surface area contributed by atoms with Crippen molar-refractivity contribution in [2.75, 3.05) is 24.6 Å². The molecule has 0 atom stereocenters. The summed E-state index contributed by atoms with van der Waals surface area (Å²) in [4.78, 5) is 25.2. The number of hydrogen-bond acceptors (Lipinski definition) is 8. The predicted molar refractivity (Wildman–Crippen MR) is 232 cm³/mol. The molecule has 4 N–H and O–H groups in total. The van der Waals surface area contributed by atoms with Gasteiger partial charge in [-0.15, -0.1) is 0 Å². The van der Waals surface area contributed by atoms with Crippen LogP contribution in [0.4, 0.5) is 0 Å². The number of nitrogens with one attached hydrogen (secondary N) is 2. The predicted octanol–water partition coefficient (Wildman–Crippen LogP) is 8.81. The Morgan fingerprint density at radius 1 is 0.667 bits per heavy atom. The van der Waals surface area contributed by atoms with E-state index in [0.29, 0.717) is 48.3 Å². The Hall–Kier alpha value is -3.77. The molecule has 57 heavy (non-hydrogen) atoms. The summed E-state index contributed by atoms with van der Waals surface area (Å²) in [5, 5.41) is 12.4. The average molecular weight is 998 g/mol. The highest BCUT2D eigenvalue weighted by molar-refractivity contribution is 9.10. The first-order chi connectivity index (χ1) is 27.1. The molecule has 7 rings (SSSR count). The zero-order valence-corrected chi connectivity index (χ0v) is 37.0. The summed E-state index contributed by atoms with van der Waals surface area (Å²) in [6.07, 6.45) is 0. The molecule has 0 radical (unpaired) electrons. The molecule has 4 aromatic carbocycles. The molecular formula is C38H32Br2Cl4N8O4S. The molecule has 0 unspecified atom stereocenters. The van der Waals surface area contributed by atoms with Crippen LogP contribution in [0.3, 0.4) is 0 Å². The number of amides is 2. The van der Waals surface area contributed by atoms with Gasteiger partial charge in [0.25, 0.3) is 11.8 Å². The van der Waals surface area contributed by atoms with E-state index in [4.69, 9.17) is 52.2 Å². The molecule has 3 heterocycles. The number of halogens is 6. The van der Waals surface area contributed by atoms with Crippen molar-refractivity contribution in [2.45, 2.75) is 13.8 Å². The highest BCUT2D eigenvalue weighted by Crippen LogP contribution is 2.35. The van der Waals surface area contributed by atoms with Crippen molar-refractivity contribution in [3.05, 3.63) is 136 Å². The molecule has 12 nitrogen and oxygen atoms in total. The minimum Gasteiger partial charge on any atom is -0.289 e. The minimum atomic E-state index is -3.05. The summed E-state index contributed by atoms with van der Waals surface area (Å²) >= 11 is 31.7. The number of sulfone groups is 1. The number of rotatable bonds is 7. The van der Waals surface area contributed by atoms with Crippen LogP contribution in [0, 0.1) is 13.8 Å². The van der Waals surface area contributed by atoms with Gasteiger partial charge in [0, 0.05) is 54.3 Å². The Kier molecular flexibility index (Phi) is 13.5. The van der Waals surface area contributed by atoms with E-state index in [1.165, 1.54) is 0 Å². The van der Waals surface area contributed by atoms with E-state index in [1.807, 2.05) is 62.4 Å². The van der Waals surface area contributed by atoms with Gasteiger partial charge in [-0.3, -0.25) is 20.4 Å². The molecule has 2 aromatic heterocycles. The molecule has 2 amide bonds. The summed E-state index contributed by atoms with van der Waals surface area (Å²) in [5.41, 5.74) is 11.1. The number of nitrogens with two attached hydrogens (primary N) is 1. The van der Waals surface area contributed by atoms with E-state index in [0.717, 1.165) is 25.8 Å². The van der Waals surface area contributed by atoms with Gasteiger partial charge in [-0.05, 0) is 74.5 Å². The van der Waals surface area contributed by atoms with Gasteiger partial charge in [0.15, 0.2) is 21.2 Å². The van der Waals surface area contributed by atoms with Crippen LogP contribution >= 0.6 is 78.3 Å². The number of carbonyl (C=O) groups excluding carboxylic acids is 2. The Labute approximate surface area is 365 Å². The first kappa shape index (κ1) is 42.8. The number of nitrogen functional groups attached to an aromatic ring is 1. The third-order valence-electron chi connectivity index (χ3n) is 8.92. The first-order valence-electron chi connectivity index (χ1n) is 17.0. The van der Waals surface area contributed by atoms with Gasteiger partial charge in [0.1, 0.15) is 0 Å². The van der Waals surface area contributed by atoms with Gasteiger partial charge >= 0.3 is 0 Å². The van der Waals surface area contributed by atoms with Gasteiger partial charge in [0.05, 0.1) is 44.3 Å². The minimum absolute atomic E-state index is 0.00519. The van der Waals surface area contributed by atoms with E-state index in [9.17, 15) is 18.0 Å². The van der Waals surface area contributed by atoms with Crippen molar-refractivity contribution in [3.8, 4) is 33.9 Å². The largest absolute Gasteiger partial charge is 0.289 e. The molecule has 1 fully saturated rings. The fraction of sp³-hybridized carbons (Fsp3) is 0.158. The molecule has 6 aromatic rings. The topological polar surface area (TPSA) is 157 Å². The lowest BCUT2D eigenvalue weighted by Crippen LogP contribution is -2.50. The van der Waals surface area contributed by atoms with E-state index in [2.05, 4.69) is 52.9 Å². The SMILES string of the molecule is Cc1c(C(=O)NN)nn(-c2ccc(Cl)cc2Cl)c1-c1ccc(Br)cc1.Cc1c(C(=O)NN2CCS(=O)(=O)CC2)nn(-c2ccc(Cl)cc2Cl)c1-c1ccc(Br)cc1. The fourth-order valence-electron chi connectivity index (χ4n) is 6.06. The average Bonchev–Trinajstić information content (AvgIpc) is 3.69. The highest BCUT2D eigenvalue weighted by Gasteiger charge is 2.28. The number of hydrogen-bond donors (Lipinski definition) is 3. The monoisotopic (exact) mass is 994 g/mol. The number of hydrazine groups is 2. The van der Waals surface area contributed by atoms with Crippen molar-refractivity contribution in [2.24, 2.45) is 5.84 Å². The second kappa shape index (κ2) is 18.0. The molecule has 1 saturated heterocycles. The van der Waals surface area contributed by atoms with Crippen LogP contribution in [-0.4, -0.2) is 69.4 Å². The third kappa shape index (κ3) is 9.75. The first-order valence-corrected chi connectivity index (χ1v) is 21.9. The molecule has 19 heteroatoms. The fourth-order valence-corrected chi connectivity index (χ4v) is 8.77. The third-order valence-corrected chi connectivity index (χ3v) is 12.7. The van der Waals surface area contributed by atoms with Gasteiger partial charge < -0.3 is 0 Å². The Balaban J connectivity index is 0.000000199. The molecular weight excluding hydrogens is 966 g/mol. The van der Waals surface area contributed by atoms with E-state index < -0.39 is 21.7 Å². The second-order valence-electron chi connectivity index (χ2n) is 12.7. The summed E-state index contributed by atoms with van der Waals surface area (Å²) in [6, 6.07) is 25.5. The van der Waals surface area contributed by atoms with Crippen LogP contribution in [0.5, 0.6) is 0 Å². The Bertz CT molecular complexity index is 2590. The summed E-state index contributed by atoms with van der Waals surface area (Å²) in [6.45, 7) is 4.10. The van der Waals surface area contributed by atoms with Crippen molar-refractivity contribution < 1.29 is 18.0 Å². The number of aromatic nitrogens is 4. The Morgan fingerprint density at radius 3 is 1.46 bits per heavy atom. The summed E-state index contributed by atoms with van der Waals surface area (Å²) in [5.74, 6) is 4.41. The van der Waals surface area contributed by atoms with Gasteiger partial charge in [-0.25, -0.2) is 28.6 Å². The molecule has 0 bridgehead atoms. The van der Waals surface area contributed by atoms with Crippen LogP contribution in [0.1, 0.15) is 32.1 Å². The van der Waals surface area contributed by atoms with Crippen molar-refractivity contribution in [1.82, 2.24) is 35.4 Å². The Morgan fingerprint density at radius 2 is 1.07 bits per heavy atom. The maximum Gasteiger partial charge on any atom is 0.286 e. The lowest BCUT2D eigenvalue weighted by Gasteiger charge is -2.26. The zero-order chi connectivity index (χ0) is 41.2. The maximum atomic E-state index is 13.1. The summed E-state index contributed by atoms with van der Waals surface area (Å²) < 4.78 is 28.5. The van der Waals surface area contributed by atoms with Crippen molar-refractivity contribution in [1.29, 1.82) is 0 Å². The molecule has 296 valence electrons. The van der Waals surface area contributed by atoms with Gasteiger partial charge in [0.2, 0.25) is 0 Å². The van der Waals surface area contributed by atoms with Crippen LogP contribution in [0.2, 0.25) is 20.1 Å². The smallest absolute Gasteiger partial charge is 0.286 e. The van der Waals surface area contributed by atoms with E-state index in [-0.39, 0.29) is 36.0 Å². The lowest BCUT2D eigenvalue weighted by molar-refractivity contribution is 0.0795. The van der Waals surface area contributed by atoms with Gasteiger partial charge in [-0.2, -0.15) is 10.2 Å². The van der Waals surface area contributed by atoms with Crippen LogP contribution in [-0.2, 0) is 9.84 Å². The van der Waals surface area contributed by atoms with Crippen molar-refractivity contribution >= 4 is 99.9 Å². The second-order valence-corrected chi connectivity index (χ2v) is 18.5.